The molecule has 1 aromatic carbocycles. The molecule has 0 aliphatic carbocycles. The SMILES string of the molecule is [CH2]C(CC)OCc1ccccc1C. The molecule has 0 spiro atoms. The third kappa shape index (κ3) is 3.19. The Kier molecular flexibility index (Phi) is 3.97. The average Bonchev–Trinajstić information content (AvgIpc) is 2.16. The van der Waals surface area contributed by atoms with Gasteiger partial charge in [0, 0.05) is 0 Å². The lowest BCUT2D eigenvalue weighted by molar-refractivity contribution is 0.0675. The number of hydrogen-bond acceptors (Lipinski definition) is 1. The van der Waals surface area contributed by atoms with E-state index in [2.05, 4.69) is 32.9 Å². The Morgan fingerprint density at radius 1 is 1.38 bits per heavy atom. The summed E-state index contributed by atoms with van der Waals surface area (Å²) in [6, 6.07) is 8.27. The fraction of sp³-hybridized carbons (Fsp3) is 0.417. The van der Waals surface area contributed by atoms with Crippen LogP contribution in [0.15, 0.2) is 24.3 Å². The third-order valence-electron chi connectivity index (χ3n) is 2.19. The molecule has 0 saturated carbocycles. The van der Waals surface area contributed by atoms with Gasteiger partial charge in [-0.3, -0.25) is 0 Å². The van der Waals surface area contributed by atoms with Gasteiger partial charge in [0.2, 0.25) is 0 Å². The minimum Gasteiger partial charge on any atom is -0.374 e. The minimum atomic E-state index is 0.111. The first kappa shape index (κ1) is 10.3. The zero-order valence-electron chi connectivity index (χ0n) is 8.42. The zero-order valence-corrected chi connectivity index (χ0v) is 8.42. The molecule has 0 heterocycles. The minimum absolute atomic E-state index is 0.111. The molecule has 0 aliphatic rings. The molecule has 0 saturated heterocycles. The molecule has 71 valence electrons. The van der Waals surface area contributed by atoms with Gasteiger partial charge in [-0.1, -0.05) is 31.2 Å². The molecule has 0 N–H and O–H groups in total. The van der Waals surface area contributed by atoms with Gasteiger partial charge in [0.1, 0.15) is 0 Å². The fourth-order valence-electron chi connectivity index (χ4n) is 1.10. The van der Waals surface area contributed by atoms with Gasteiger partial charge in [0.25, 0.3) is 0 Å². The Labute approximate surface area is 80.7 Å². The van der Waals surface area contributed by atoms with E-state index in [1.165, 1.54) is 11.1 Å². The van der Waals surface area contributed by atoms with Gasteiger partial charge in [0.05, 0.1) is 12.7 Å². The highest BCUT2D eigenvalue weighted by atomic mass is 16.5. The Balaban J connectivity index is 2.50. The normalized spacial score (nSPS) is 12.8. The van der Waals surface area contributed by atoms with Crippen LogP contribution in [0.4, 0.5) is 0 Å². The van der Waals surface area contributed by atoms with Crippen LogP contribution in [-0.2, 0) is 11.3 Å². The second-order valence-corrected chi connectivity index (χ2v) is 3.27. The Morgan fingerprint density at radius 3 is 2.69 bits per heavy atom. The van der Waals surface area contributed by atoms with Crippen molar-refractivity contribution in [1.29, 1.82) is 0 Å². The van der Waals surface area contributed by atoms with Crippen molar-refractivity contribution < 1.29 is 4.74 Å². The summed E-state index contributed by atoms with van der Waals surface area (Å²) in [6.45, 7) is 8.73. The summed E-state index contributed by atoms with van der Waals surface area (Å²) in [5, 5.41) is 0. The van der Waals surface area contributed by atoms with Gasteiger partial charge in [-0.25, -0.2) is 0 Å². The molecule has 1 radical (unpaired) electrons. The number of hydrogen-bond donors (Lipinski definition) is 0. The maximum absolute atomic E-state index is 5.55. The van der Waals surface area contributed by atoms with E-state index >= 15 is 0 Å². The van der Waals surface area contributed by atoms with Crippen molar-refractivity contribution >= 4 is 0 Å². The predicted molar refractivity (Wildman–Crippen MR) is 55.4 cm³/mol. The van der Waals surface area contributed by atoms with Crippen LogP contribution in [0, 0.1) is 13.8 Å². The zero-order chi connectivity index (χ0) is 9.68. The predicted octanol–water partition coefficient (Wildman–Crippen LogP) is 3.12. The van der Waals surface area contributed by atoms with Crippen LogP contribution < -0.4 is 0 Å². The highest BCUT2D eigenvalue weighted by Gasteiger charge is 2.00. The van der Waals surface area contributed by atoms with Crippen LogP contribution in [0.2, 0.25) is 0 Å². The van der Waals surface area contributed by atoms with E-state index in [-0.39, 0.29) is 6.10 Å². The standard InChI is InChI=1S/C12H17O/c1-4-11(3)13-9-12-8-6-5-7-10(12)2/h5-8,11H,3-4,9H2,1-2H3. The van der Waals surface area contributed by atoms with Crippen molar-refractivity contribution in [3.63, 3.8) is 0 Å². The summed E-state index contributed by atoms with van der Waals surface area (Å²) in [6.07, 6.45) is 1.07. The van der Waals surface area contributed by atoms with Gasteiger partial charge in [-0.2, -0.15) is 0 Å². The summed E-state index contributed by atoms with van der Waals surface area (Å²) in [7, 11) is 0. The quantitative estimate of drug-likeness (QED) is 0.686. The molecule has 1 heteroatoms. The van der Waals surface area contributed by atoms with Crippen molar-refractivity contribution in [1.82, 2.24) is 0 Å². The number of ether oxygens (including phenoxy) is 1. The lowest BCUT2D eigenvalue weighted by Gasteiger charge is -2.11. The second-order valence-electron chi connectivity index (χ2n) is 3.27. The monoisotopic (exact) mass is 177 g/mol. The lowest BCUT2D eigenvalue weighted by atomic mass is 10.1. The fourth-order valence-corrected chi connectivity index (χ4v) is 1.10. The molecule has 1 atom stereocenters. The summed E-state index contributed by atoms with van der Waals surface area (Å²) < 4.78 is 5.55. The summed E-state index contributed by atoms with van der Waals surface area (Å²) in [4.78, 5) is 0. The first-order chi connectivity index (χ1) is 6.24. The van der Waals surface area contributed by atoms with E-state index in [4.69, 9.17) is 4.74 Å². The first-order valence-corrected chi connectivity index (χ1v) is 4.73. The topological polar surface area (TPSA) is 9.23 Å². The highest BCUT2D eigenvalue weighted by Crippen LogP contribution is 2.10. The molecule has 0 amide bonds. The summed E-state index contributed by atoms with van der Waals surface area (Å²) in [5.74, 6) is 0. The molecule has 1 nitrogen and oxygen atoms in total. The largest absolute Gasteiger partial charge is 0.374 e. The molecule has 1 aromatic rings. The van der Waals surface area contributed by atoms with Gasteiger partial charge in [0.15, 0.2) is 0 Å². The molecular weight excluding hydrogens is 160 g/mol. The Hall–Kier alpha value is -0.820. The molecule has 1 unspecified atom stereocenters. The van der Waals surface area contributed by atoms with Crippen molar-refractivity contribution in [3.05, 3.63) is 42.3 Å². The van der Waals surface area contributed by atoms with Crippen LogP contribution in [-0.4, -0.2) is 6.10 Å². The molecule has 0 fully saturated rings. The van der Waals surface area contributed by atoms with E-state index in [1.54, 1.807) is 0 Å². The smallest absolute Gasteiger partial charge is 0.0723 e. The van der Waals surface area contributed by atoms with E-state index in [1.807, 2.05) is 12.1 Å². The van der Waals surface area contributed by atoms with Crippen LogP contribution in [0.25, 0.3) is 0 Å². The van der Waals surface area contributed by atoms with E-state index in [9.17, 15) is 0 Å². The second kappa shape index (κ2) is 5.03. The summed E-state index contributed by atoms with van der Waals surface area (Å²) in [5.41, 5.74) is 2.54. The van der Waals surface area contributed by atoms with Crippen LogP contribution in [0.5, 0.6) is 0 Å². The van der Waals surface area contributed by atoms with Gasteiger partial charge >= 0.3 is 0 Å². The number of rotatable bonds is 4. The van der Waals surface area contributed by atoms with Crippen LogP contribution in [0.3, 0.4) is 0 Å². The lowest BCUT2D eigenvalue weighted by Crippen LogP contribution is -2.07. The van der Waals surface area contributed by atoms with Gasteiger partial charge < -0.3 is 4.74 Å². The molecular formula is C12H17O. The third-order valence-corrected chi connectivity index (χ3v) is 2.19. The number of aryl methyl sites for hydroxylation is 1. The molecule has 0 aliphatic heterocycles. The highest BCUT2D eigenvalue weighted by molar-refractivity contribution is 5.24. The maximum Gasteiger partial charge on any atom is 0.0723 e. The first-order valence-electron chi connectivity index (χ1n) is 4.73. The molecule has 0 aromatic heterocycles. The maximum atomic E-state index is 5.55. The Bertz CT molecular complexity index is 255. The van der Waals surface area contributed by atoms with Crippen molar-refractivity contribution in [2.45, 2.75) is 33.0 Å². The van der Waals surface area contributed by atoms with Crippen LogP contribution in [0.1, 0.15) is 24.5 Å². The van der Waals surface area contributed by atoms with Crippen LogP contribution >= 0.6 is 0 Å². The summed E-state index contributed by atoms with van der Waals surface area (Å²) >= 11 is 0. The molecule has 1 rings (SSSR count). The van der Waals surface area contributed by atoms with Crippen molar-refractivity contribution in [2.75, 3.05) is 0 Å². The number of benzene rings is 1. The van der Waals surface area contributed by atoms with E-state index in [0.29, 0.717) is 6.61 Å². The van der Waals surface area contributed by atoms with Gasteiger partial charge in [-0.15, -0.1) is 0 Å². The average molecular weight is 177 g/mol. The van der Waals surface area contributed by atoms with Crippen molar-refractivity contribution in [2.24, 2.45) is 0 Å². The van der Waals surface area contributed by atoms with E-state index < -0.39 is 0 Å². The molecule has 0 bridgehead atoms. The van der Waals surface area contributed by atoms with Crippen molar-refractivity contribution in [3.8, 4) is 0 Å². The van der Waals surface area contributed by atoms with Gasteiger partial charge in [-0.05, 0) is 31.4 Å². The van der Waals surface area contributed by atoms with E-state index in [0.717, 1.165) is 6.42 Å². The Morgan fingerprint density at radius 2 is 2.08 bits per heavy atom. The molecule has 13 heavy (non-hydrogen) atoms.